The third-order valence-electron chi connectivity index (χ3n) is 5.64. The van der Waals surface area contributed by atoms with E-state index >= 15 is 0 Å². The zero-order valence-corrected chi connectivity index (χ0v) is 18.4. The molecule has 0 bridgehead atoms. The van der Waals surface area contributed by atoms with E-state index in [0.717, 1.165) is 16.8 Å². The largest absolute Gasteiger partial charge is 0.393 e. The van der Waals surface area contributed by atoms with Crippen molar-refractivity contribution in [1.82, 2.24) is 24.9 Å². The summed E-state index contributed by atoms with van der Waals surface area (Å²) in [7, 11) is 0. The van der Waals surface area contributed by atoms with Crippen LogP contribution in [-0.2, 0) is 0 Å². The first-order chi connectivity index (χ1) is 15.9. The molecule has 1 saturated carbocycles. The Morgan fingerprint density at radius 3 is 2.76 bits per heavy atom. The highest BCUT2D eigenvalue weighted by Crippen LogP contribution is 2.36. The molecular weight excluding hydrogens is 440 g/mol. The van der Waals surface area contributed by atoms with Gasteiger partial charge < -0.3 is 10.4 Å². The number of aromatic nitrogens is 4. The van der Waals surface area contributed by atoms with Gasteiger partial charge in [-0.25, -0.2) is 14.5 Å². The standard InChI is InChI=1S/C24H19ClN6O2/c1-13-7-16(9-20(25)27-13)21-22(15-4-2-3-14(8-15)12-26)30-31-6-5-19(29-23(21)31)24(33)28-17-10-18(32)11-17/h2-9,17-18,32H,10-11H2,1H3,(H,28,33). The van der Waals surface area contributed by atoms with Crippen LogP contribution < -0.4 is 5.32 Å². The summed E-state index contributed by atoms with van der Waals surface area (Å²) in [6, 6.07) is 14.5. The van der Waals surface area contributed by atoms with Gasteiger partial charge in [0.2, 0.25) is 0 Å². The average molecular weight is 459 g/mol. The van der Waals surface area contributed by atoms with E-state index in [2.05, 4.69) is 21.4 Å². The maximum atomic E-state index is 12.8. The minimum absolute atomic E-state index is 0.0548. The molecule has 0 spiro atoms. The second-order valence-electron chi connectivity index (χ2n) is 8.11. The summed E-state index contributed by atoms with van der Waals surface area (Å²) in [5, 5.41) is 26.8. The van der Waals surface area contributed by atoms with Crippen molar-refractivity contribution in [2.75, 3.05) is 0 Å². The van der Waals surface area contributed by atoms with Crippen LogP contribution in [0.3, 0.4) is 0 Å². The van der Waals surface area contributed by atoms with Crippen molar-refractivity contribution in [3.8, 4) is 28.5 Å². The van der Waals surface area contributed by atoms with Crippen LogP contribution in [0, 0.1) is 18.3 Å². The van der Waals surface area contributed by atoms with Gasteiger partial charge >= 0.3 is 0 Å². The van der Waals surface area contributed by atoms with Crippen LogP contribution in [-0.4, -0.2) is 42.7 Å². The molecule has 1 aliphatic rings. The molecular formula is C24H19ClN6O2. The van der Waals surface area contributed by atoms with Crippen molar-refractivity contribution in [3.05, 3.63) is 70.8 Å². The monoisotopic (exact) mass is 458 g/mol. The number of nitriles is 1. The van der Waals surface area contributed by atoms with Crippen LogP contribution in [0.15, 0.2) is 48.7 Å². The van der Waals surface area contributed by atoms with E-state index in [4.69, 9.17) is 16.7 Å². The topological polar surface area (TPSA) is 116 Å². The Kier molecular flexibility index (Phi) is 5.29. The number of halogens is 1. The summed E-state index contributed by atoms with van der Waals surface area (Å²) in [6.07, 6.45) is 2.41. The van der Waals surface area contributed by atoms with Crippen molar-refractivity contribution in [1.29, 1.82) is 5.26 Å². The predicted octanol–water partition coefficient (Wildman–Crippen LogP) is 3.54. The Bertz CT molecular complexity index is 1410. The number of carbonyl (C=O) groups excluding carboxylic acids is 1. The second-order valence-corrected chi connectivity index (χ2v) is 8.50. The molecule has 2 N–H and O–H groups in total. The van der Waals surface area contributed by atoms with E-state index in [9.17, 15) is 15.2 Å². The van der Waals surface area contributed by atoms with Crippen LogP contribution in [0.25, 0.3) is 28.0 Å². The Morgan fingerprint density at radius 1 is 1.21 bits per heavy atom. The van der Waals surface area contributed by atoms with Crippen LogP contribution in [0.2, 0.25) is 5.15 Å². The molecule has 0 radical (unpaired) electrons. The van der Waals surface area contributed by atoms with Crippen molar-refractivity contribution in [3.63, 3.8) is 0 Å². The van der Waals surface area contributed by atoms with Gasteiger partial charge in [0, 0.05) is 23.5 Å². The maximum absolute atomic E-state index is 12.8. The highest BCUT2D eigenvalue weighted by Gasteiger charge is 2.29. The molecule has 0 saturated heterocycles. The molecule has 1 aromatic carbocycles. The number of carbonyl (C=O) groups is 1. The summed E-state index contributed by atoms with van der Waals surface area (Å²) in [6.45, 7) is 1.84. The molecule has 3 heterocycles. The molecule has 1 aliphatic carbocycles. The number of rotatable bonds is 4. The molecule has 0 atom stereocenters. The van der Waals surface area contributed by atoms with E-state index in [1.807, 2.05) is 19.1 Å². The minimum atomic E-state index is -0.362. The zero-order chi connectivity index (χ0) is 23.1. The highest BCUT2D eigenvalue weighted by atomic mass is 35.5. The van der Waals surface area contributed by atoms with Crippen LogP contribution in [0.4, 0.5) is 0 Å². The fraction of sp³-hybridized carbons (Fsp3) is 0.208. The number of pyridine rings is 1. The maximum Gasteiger partial charge on any atom is 0.270 e. The van der Waals surface area contributed by atoms with Crippen molar-refractivity contribution >= 4 is 23.2 Å². The molecule has 4 aromatic rings. The lowest BCUT2D eigenvalue weighted by atomic mass is 9.89. The lowest BCUT2D eigenvalue weighted by Gasteiger charge is -2.31. The highest BCUT2D eigenvalue weighted by molar-refractivity contribution is 6.29. The summed E-state index contributed by atoms with van der Waals surface area (Å²) in [5.74, 6) is -0.307. The van der Waals surface area contributed by atoms with Crippen molar-refractivity contribution in [2.45, 2.75) is 31.9 Å². The smallest absolute Gasteiger partial charge is 0.270 e. The van der Waals surface area contributed by atoms with Gasteiger partial charge in [-0.05, 0) is 55.7 Å². The summed E-state index contributed by atoms with van der Waals surface area (Å²) >= 11 is 6.25. The minimum Gasteiger partial charge on any atom is -0.393 e. The molecule has 5 rings (SSSR count). The van der Waals surface area contributed by atoms with Crippen LogP contribution >= 0.6 is 11.6 Å². The lowest BCUT2D eigenvalue weighted by molar-refractivity contribution is 0.0560. The molecule has 164 valence electrons. The van der Waals surface area contributed by atoms with Gasteiger partial charge in [0.15, 0.2) is 5.65 Å². The van der Waals surface area contributed by atoms with E-state index in [0.29, 0.717) is 40.5 Å². The Morgan fingerprint density at radius 2 is 2.03 bits per heavy atom. The van der Waals surface area contributed by atoms with Gasteiger partial charge in [0.25, 0.3) is 5.91 Å². The number of benzene rings is 1. The van der Waals surface area contributed by atoms with Gasteiger partial charge in [-0.3, -0.25) is 4.79 Å². The number of aliphatic hydroxyl groups excluding tert-OH is 1. The number of fused-ring (bicyclic) bond motifs is 1. The van der Waals surface area contributed by atoms with Crippen molar-refractivity contribution < 1.29 is 9.90 Å². The first kappa shape index (κ1) is 21.1. The molecule has 0 aliphatic heterocycles. The zero-order valence-electron chi connectivity index (χ0n) is 17.7. The second kappa shape index (κ2) is 8.28. The van der Waals surface area contributed by atoms with Gasteiger partial charge in [-0.2, -0.15) is 10.4 Å². The van der Waals surface area contributed by atoms with Crippen LogP contribution in [0.1, 0.15) is 34.6 Å². The normalized spacial score (nSPS) is 17.4. The number of hydrogen-bond acceptors (Lipinski definition) is 6. The molecule has 1 fully saturated rings. The number of aryl methyl sites for hydroxylation is 1. The number of nitrogens with one attached hydrogen (secondary N) is 1. The van der Waals surface area contributed by atoms with E-state index in [-0.39, 0.29) is 23.7 Å². The lowest BCUT2D eigenvalue weighted by Crippen LogP contribution is -2.46. The molecule has 3 aromatic heterocycles. The average Bonchev–Trinajstić information content (AvgIpc) is 3.16. The molecule has 9 heteroatoms. The molecule has 1 amide bonds. The SMILES string of the molecule is Cc1cc(-c2c(-c3cccc(C#N)c3)nn3ccc(C(=O)NC4CC(O)C4)nc23)cc(Cl)n1. The van der Waals surface area contributed by atoms with Gasteiger partial charge in [0.05, 0.1) is 23.3 Å². The molecule has 0 unspecified atom stereocenters. The molecule has 8 nitrogen and oxygen atoms in total. The summed E-state index contributed by atoms with van der Waals surface area (Å²) < 4.78 is 1.61. The van der Waals surface area contributed by atoms with Gasteiger partial charge in [-0.1, -0.05) is 23.7 Å². The third kappa shape index (κ3) is 4.04. The van der Waals surface area contributed by atoms with Gasteiger partial charge in [-0.15, -0.1) is 0 Å². The Hall–Kier alpha value is -3.80. The summed E-state index contributed by atoms with van der Waals surface area (Å²) in [4.78, 5) is 21.6. The quantitative estimate of drug-likeness (QED) is 0.452. The summed E-state index contributed by atoms with van der Waals surface area (Å²) in [5.41, 5.74) is 4.77. The number of nitrogens with zero attached hydrogens (tertiary/aromatic N) is 5. The number of aliphatic hydroxyl groups is 1. The van der Waals surface area contributed by atoms with E-state index in [1.165, 1.54) is 0 Å². The van der Waals surface area contributed by atoms with Gasteiger partial charge in [0.1, 0.15) is 16.5 Å². The Balaban J connectivity index is 1.67. The van der Waals surface area contributed by atoms with E-state index < -0.39 is 0 Å². The Labute approximate surface area is 194 Å². The first-order valence-corrected chi connectivity index (χ1v) is 10.8. The van der Waals surface area contributed by atoms with Crippen molar-refractivity contribution in [2.24, 2.45) is 0 Å². The first-order valence-electron chi connectivity index (χ1n) is 10.4. The predicted molar refractivity (Wildman–Crippen MR) is 123 cm³/mol. The number of hydrogen-bond donors (Lipinski definition) is 2. The fourth-order valence-corrected chi connectivity index (χ4v) is 4.25. The number of amides is 1. The van der Waals surface area contributed by atoms with Crippen LogP contribution in [0.5, 0.6) is 0 Å². The van der Waals surface area contributed by atoms with E-state index in [1.54, 1.807) is 41.0 Å². The fourth-order valence-electron chi connectivity index (χ4n) is 4.00. The molecule has 33 heavy (non-hydrogen) atoms. The third-order valence-corrected chi connectivity index (χ3v) is 5.84.